The highest BCUT2D eigenvalue weighted by molar-refractivity contribution is 5.90. The van der Waals surface area contributed by atoms with Crippen molar-refractivity contribution in [2.75, 3.05) is 19.6 Å². The predicted octanol–water partition coefficient (Wildman–Crippen LogP) is 1.42. The van der Waals surface area contributed by atoms with Crippen LogP contribution in [0.5, 0.6) is 0 Å². The fraction of sp³-hybridized carbons (Fsp3) is 0.733. The summed E-state index contributed by atoms with van der Waals surface area (Å²) >= 11 is 0. The fourth-order valence-electron chi connectivity index (χ4n) is 3.40. The second-order valence-corrected chi connectivity index (χ2v) is 6.44. The third kappa shape index (κ3) is 3.02. The highest BCUT2D eigenvalue weighted by Gasteiger charge is 2.48. The van der Waals surface area contributed by atoms with Gasteiger partial charge in [-0.25, -0.2) is 9.78 Å². The zero-order chi connectivity index (χ0) is 16.4. The van der Waals surface area contributed by atoms with E-state index < -0.39 is 5.60 Å². The van der Waals surface area contributed by atoms with Crippen LogP contribution in [0, 0.1) is 0 Å². The lowest BCUT2D eigenvalue weighted by Gasteiger charge is -2.37. The number of H-pyrrole nitrogens is 1. The van der Waals surface area contributed by atoms with Crippen LogP contribution in [0.15, 0.2) is 6.33 Å². The summed E-state index contributed by atoms with van der Waals surface area (Å²) in [5.41, 5.74) is -0.447. The first kappa shape index (κ1) is 15.8. The fourth-order valence-corrected chi connectivity index (χ4v) is 3.40. The molecule has 2 aliphatic heterocycles. The minimum atomic E-state index is -0.447. The summed E-state index contributed by atoms with van der Waals surface area (Å²) in [6, 6.07) is 0.195. The van der Waals surface area contributed by atoms with Gasteiger partial charge < -0.3 is 14.5 Å². The van der Waals surface area contributed by atoms with Crippen LogP contribution in [0.4, 0.5) is 4.79 Å². The number of aromatic nitrogens is 3. The van der Waals surface area contributed by atoms with Crippen molar-refractivity contribution in [3.05, 3.63) is 12.2 Å². The minimum Gasteiger partial charge on any atom is -0.441 e. The number of aromatic amines is 1. The number of carbonyl (C=O) groups is 2. The van der Waals surface area contributed by atoms with Gasteiger partial charge in [-0.2, -0.15) is 5.10 Å². The average Bonchev–Trinajstić information content (AvgIpc) is 3.16. The number of likely N-dealkylation sites (tertiary alicyclic amines) is 1. The van der Waals surface area contributed by atoms with Gasteiger partial charge in [0.2, 0.25) is 5.82 Å². The van der Waals surface area contributed by atoms with Gasteiger partial charge in [0.05, 0.1) is 6.54 Å². The van der Waals surface area contributed by atoms with Crippen LogP contribution in [-0.4, -0.2) is 68.3 Å². The lowest BCUT2D eigenvalue weighted by atomic mass is 9.91. The Morgan fingerprint density at radius 1 is 1.48 bits per heavy atom. The lowest BCUT2D eigenvalue weighted by molar-refractivity contribution is 0.00272. The SMILES string of the molecule is CCC[C@@H](C)N1CC2(CCN(C(=O)c3ncn[nH]3)CC2)OC1=O. The molecule has 1 spiro atoms. The van der Waals surface area contributed by atoms with E-state index in [0.717, 1.165) is 12.8 Å². The van der Waals surface area contributed by atoms with E-state index in [1.807, 2.05) is 4.90 Å². The second kappa shape index (κ2) is 6.17. The molecule has 8 heteroatoms. The van der Waals surface area contributed by atoms with Gasteiger partial charge in [-0.05, 0) is 13.3 Å². The van der Waals surface area contributed by atoms with Gasteiger partial charge in [-0.15, -0.1) is 0 Å². The largest absolute Gasteiger partial charge is 0.441 e. The number of carbonyl (C=O) groups excluding carboxylic acids is 2. The van der Waals surface area contributed by atoms with Crippen LogP contribution in [0.3, 0.4) is 0 Å². The van der Waals surface area contributed by atoms with Gasteiger partial charge >= 0.3 is 6.09 Å². The van der Waals surface area contributed by atoms with Gasteiger partial charge in [-0.3, -0.25) is 9.89 Å². The molecule has 2 fully saturated rings. The van der Waals surface area contributed by atoms with Crippen molar-refractivity contribution in [1.29, 1.82) is 0 Å². The Kier molecular flexibility index (Phi) is 4.23. The number of ether oxygens (including phenoxy) is 1. The molecule has 8 nitrogen and oxygen atoms in total. The summed E-state index contributed by atoms with van der Waals surface area (Å²) in [7, 11) is 0. The maximum Gasteiger partial charge on any atom is 0.410 e. The Bertz CT molecular complexity index is 566. The Hall–Kier alpha value is -2.12. The number of hydrogen-bond donors (Lipinski definition) is 1. The van der Waals surface area contributed by atoms with Crippen LogP contribution in [0.2, 0.25) is 0 Å². The van der Waals surface area contributed by atoms with Gasteiger partial charge in [0, 0.05) is 32.0 Å². The van der Waals surface area contributed by atoms with Crippen molar-refractivity contribution in [2.45, 2.75) is 51.2 Å². The van der Waals surface area contributed by atoms with Crippen LogP contribution in [0.1, 0.15) is 50.1 Å². The number of amides is 2. The smallest absolute Gasteiger partial charge is 0.410 e. The van der Waals surface area contributed by atoms with Crippen molar-refractivity contribution in [3.63, 3.8) is 0 Å². The number of piperidine rings is 1. The van der Waals surface area contributed by atoms with E-state index in [4.69, 9.17) is 4.74 Å². The van der Waals surface area contributed by atoms with Crippen molar-refractivity contribution >= 4 is 12.0 Å². The predicted molar refractivity (Wildman–Crippen MR) is 81.8 cm³/mol. The maximum atomic E-state index is 12.3. The summed E-state index contributed by atoms with van der Waals surface area (Å²) in [5.74, 6) is 0.0976. The Morgan fingerprint density at radius 2 is 2.22 bits per heavy atom. The molecule has 23 heavy (non-hydrogen) atoms. The molecular formula is C15H23N5O3. The molecule has 126 valence electrons. The van der Waals surface area contributed by atoms with Crippen LogP contribution < -0.4 is 0 Å². The molecule has 0 bridgehead atoms. The van der Waals surface area contributed by atoms with E-state index in [9.17, 15) is 9.59 Å². The number of nitrogens with one attached hydrogen (secondary N) is 1. The summed E-state index contributed by atoms with van der Waals surface area (Å²) in [6.07, 6.45) is 4.44. The standard InChI is InChI=1S/C15H23N5O3/c1-3-4-11(2)20-9-15(23-14(20)22)5-7-19(8-6-15)13(21)12-16-10-17-18-12/h10-11H,3-9H2,1-2H3,(H,16,17,18)/t11-/m1/s1. The first-order valence-corrected chi connectivity index (χ1v) is 8.19. The average molecular weight is 321 g/mol. The Morgan fingerprint density at radius 3 is 2.83 bits per heavy atom. The topological polar surface area (TPSA) is 91.4 Å². The van der Waals surface area contributed by atoms with Crippen LogP contribution in [0.25, 0.3) is 0 Å². The highest BCUT2D eigenvalue weighted by atomic mass is 16.6. The molecule has 0 aliphatic carbocycles. The van der Waals surface area contributed by atoms with Crippen molar-refractivity contribution in [1.82, 2.24) is 25.0 Å². The van der Waals surface area contributed by atoms with E-state index in [1.54, 1.807) is 4.90 Å². The van der Waals surface area contributed by atoms with Gasteiger partial charge in [0.1, 0.15) is 11.9 Å². The molecule has 2 aliphatic rings. The van der Waals surface area contributed by atoms with E-state index in [2.05, 4.69) is 29.0 Å². The van der Waals surface area contributed by atoms with Gasteiger partial charge in [-0.1, -0.05) is 13.3 Å². The van der Waals surface area contributed by atoms with Gasteiger partial charge in [0.25, 0.3) is 5.91 Å². The summed E-state index contributed by atoms with van der Waals surface area (Å²) in [6.45, 7) is 5.91. The summed E-state index contributed by atoms with van der Waals surface area (Å²) < 4.78 is 5.70. The highest BCUT2D eigenvalue weighted by Crippen LogP contribution is 2.34. The molecule has 2 saturated heterocycles. The quantitative estimate of drug-likeness (QED) is 0.905. The maximum absolute atomic E-state index is 12.3. The second-order valence-electron chi connectivity index (χ2n) is 6.44. The molecule has 0 saturated carbocycles. The van der Waals surface area contributed by atoms with Gasteiger partial charge in [0.15, 0.2) is 0 Å². The first-order chi connectivity index (χ1) is 11.0. The normalized spacial score (nSPS) is 21.6. The Labute approximate surface area is 135 Å². The zero-order valence-electron chi connectivity index (χ0n) is 13.6. The molecule has 0 aromatic carbocycles. The monoisotopic (exact) mass is 321 g/mol. The van der Waals surface area contributed by atoms with E-state index in [-0.39, 0.29) is 23.9 Å². The zero-order valence-corrected chi connectivity index (χ0v) is 13.6. The van der Waals surface area contributed by atoms with Crippen LogP contribution >= 0.6 is 0 Å². The number of rotatable bonds is 4. The van der Waals surface area contributed by atoms with E-state index >= 15 is 0 Å². The van der Waals surface area contributed by atoms with Crippen molar-refractivity contribution in [2.24, 2.45) is 0 Å². The molecule has 3 rings (SSSR count). The van der Waals surface area contributed by atoms with Crippen LogP contribution in [-0.2, 0) is 4.74 Å². The third-order valence-corrected chi connectivity index (χ3v) is 4.81. The molecule has 0 unspecified atom stereocenters. The molecule has 1 atom stereocenters. The molecular weight excluding hydrogens is 298 g/mol. The molecule has 0 radical (unpaired) electrons. The summed E-state index contributed by atoms with van der Waals surface area (Å²) in [5, 5.41) is 6.30. The molecule has 3 heterocycles. The summed E-state index contributed by atoms with van der Waals surface area (Å²) in [4.78, 5) is 31.9. The molecule has 1 N–H and O–H groups in total. The van der Waals surface area contributed by atoms with E-state index in [1.165, 1.54) is 6.33 Å². The molecule has 2 amide bonds. The number of hydrogen-bond acceptors (Lipinski definition) is 5. The first-order valence-electron chi connectivity index (χ1n) is 8.19. The number of nitrogens with zero attached hydrogens (tertiary/aromatic N) is 4. The molecule has 1 aromatic rings. The lowest BCUT2D eigenvalue weighted by Crippen LogP contribution is -2.49. The minimum absolute atomic E-state index is 0.155. The van der Waals surface area contributed by atoms with Crippen molar-refractivity contribution in [3.8, 4) is 0 Å². The third-order valence-electron chi connectivity index (χ3n) is 4.81. The molecule has 1 aromatic heterocycles. The van der Waals surface area contributed by atoms with E-state index in [0.29, 0.717) is 32.5 Å². The Balaban J connectivity index is 1.60. The van der Waals surface area contributed by atoms with Crippen molar-refractivity contribution < 1.29 is 14.3 Å².